The van der Waals surface area contributed by atoms with E-state index in [4.69, 9.17) is 10.2 Å². The molecule has 0 aliphatic carbocycles. The van der Waals surface area contributed by atoms with Gasteiger partial charge in [0, 0.05) is 82.4 Å². The van der Waals surface area contributed by atoms with Crippen LogP contribution in [0.3, 0.4) is 0 Å². The SMILES string of the molecule is CN(I)CCN(CC(=O)O)Cc1cccc(CN(I)CC(=O)O)n1.[Mn]. The predicted molar refractivity (Wildman–Crippen MR) is 106 cm³/mol. The summed E-state index contributed by atoms with van der Waals surface area (Å²) in [4.78, 5) is 28.1. The topological polar surface area (TPSA) is 97.2 Å². The van der Waals surface area contributed by atoms with Gasteiger partial charge in [-0.3, -0.25) is 19.5 Å². The summed E-state index contributed by atoms with van der Waals surface area (Å²) in [6.07, 6.45) is 0. The molecule has 1 rings (SSSR count). The summed E-state index contributed by atoms with van der Waals surface area (Å²) in [5.74, 6) is -1.77. The van der Waals surface area contributed by atoms with Crippen molar-refractivity contribution >= 4 is 57.7 Å². The average molecular weight is 617 g/mol. The van der Waals surface area contributed by atoms with E-state index in [1.54, 1.807) is 3.11 Å². The molecule has 0 saturated heterocycles. The van der Waals surface area contributed by atoms with Gasteiger partial charge in [0.2, 0.25) is 0 Å². The normalized spacial score (nSPS) is 11.0. The van der Waals surface area contributed by atoms with Crippen LogP contribution < -0.4 is 0 Å². The Hall–Kier alpha value is -0.0505. The Bertz CT molecular complexity index is 565. The standard InChI is InChI=1S/C14H20I2N4O4.Mn/c1-18(15)5-6-19(9-13(21)22)7-11-3-2-4-12(17-11)8-20(16)10-14(23)24;/h2-4H,5-10H2,1H3,(H,21,22)(H,23,24);. The number of rotatable bonds is 11. The minimum Gasteiger partial charge on any atom is -0.480 e. The van der Waals surface area contributed by atoms with E-state index in [2.05, 4.69) is 27.8 Å². The molecule has 0 fully saturated rings. The summed E-state index contributed by atoms with van der Waals surface area (Å²) >= 11 is 4.11. The number of hydrogen-bond acceptors (Lipinski definition) is 6. The van der Waals surface area contributed by atoms with E-state index in [1.807, 2.05) is 56.1 Å². The molecule has 1 aromatic rings. The van der Waals surface area contributed by atoms with E-state index in [9.17, 15) is 9.59 Å². The van der Waals surface area contributed by atoms with Gasteiger partial charge >= 0.3 is 11.9 Å². The second kappa shape index (κ2) is 13.2. The summed E-state index contributed by atoms with van der Waals surface area (Å²) in [6, 6.07) is 5.53. The summed E-state index contributed by atoms with van der Waals surface area (Å²) in [7, 11) is 1.93. The van der Waals surface area contributed by atoms with Crippen LogP contribution in [0.5, 0.6) is 0 Å². The van der Waals surface area contributed by atoms with Crippen LogP contribution in [0.1, 0.15) is 11.4 Å². The van der Waals surface area contributed by atoms with Crippen molar-refractivity contribution in [1.29, 1.82) is 0 Å². The molecular formula is C14H20I2MnN4O4. The van der Waals surface area contributed by atoms with Gasteiger partial charge in [-0.25, -0.2) is 6.23 Å². The zero-order chi connectivity index (χ0) is 18.1. The van der Waals surface area contributed by atoms with Crippen molar-refractivity contribution in [3.8, 4) is 0 Å². The molecule has 0 aliphatic heterocycles. The first-order valence-corrected chi connectivity index (χ1v) is 9.07. The van der Waals surface area contributed by atoms with E-state index in [1.165, 1.54) is 0 Å². The second-order valence-corrected chi connectivity index (χ2v) is 8.24. The number of halogens is 2. The number of likely N-dealkylation sites (N-methyl/N-ethyl adjacent to an activating group) is 1. The summed E-state index contributed by atoms with van der Waals surface area (Å²) in [5.41, 5.74) is 1.52. The van der Waals surface area contributed by atoms with Gasteiger partial charge in [-0.2, -0.15) is 0 Å². The van der Waals surface area contributed by atoms with Crippen LogP contribution in [0, 0.1) is 0 Å². The van der Waals surface area contributed by atoms with Crippen molar-refractivity contribution < 1.29 is 36.9 Å². The fourth-order valence-corrected chi connectivity index (χ4v) is 2.85. The maximum atomic E-state index is 11.0. The molecule has 0 unspecified atom stereocenters. The summed E-state index contributed by atoms with van der Waals surface area (Å²) < 4.78 is 3.60. The molecule has 11 heteroatoms. The van der Waals surface area contributed by atoms with Gasteiger partial charge in [-0.1, -0.05) is 6.07 Å². The molecule has 0 aliphatic rings. The number of aliphatic carboxylic acids is 2. The fraction of sp³-hybridized carbons (Fsp3) is 0.500. The van der Waals surface area contributed by atoms with Crippen LogP contribution in [0.4, 0.5) is 0 Å². The Morgan fingerprint density at radius 2 is 1.60 bits per heavy atom. The van der Waals surface area contributed by atoms with E-state index < -0.39 is 11.9 Å². The van der Waals surface area contributed by atoms with Gasteiger partial charge in [-0.05, 0) is 19.2 Å². The third kappa shape index (κ3) is 12.0. The first-order chi connectivity index (χ1) is 11.3. The van der Waals surface area contributed by atoms with Crippen molar-refractivity contribution in [2.24, 2.45) is 0 Å². The Morgan fingerprint density at radius 3 is 2.12 bits per heavy atom. The van der Waals surface area contributed by atoms with E-state index in [0.29, 0.717) is 19.6 Å². The molecule has 0 aromatic carbocycles. The van der Waals surface area contributed by atoms with E-state index in [0.717, 1.165) is 17.9 Å². The Morgan fingerprint density at radius 1 is 1.04 bits per heavy atom. The van der Waals surface area contributed by atoms with Crippen molar-refractivity contribution in [3.05, 3.63) is 29.6 Å². The molecular weight excluding hydrogens is 597 g/mol. The summed E-state index contributed by atoms with van der Waals surface area (Å²) in [5, 5.41) is 17.8. The van der Waals surface area contributed by atoms with Crippen molar-refractivity contribution in [1.82, 2.24) is 16.1 Å². The molecule has 8 nitrogen and oxygen atoms in total. The van der Waals surface area contributed by atoms with Crippen LogP contribution in [0.2, 0.25) is 0 Å². The number of carboxylic acid groups (broad SMARTS) is 2. The molecule has 0 amide bonds. The van der Waals surface area contributed by atoms with Gasteiger partial charge < -0.3 is 10.2 Å². The third-order valence-corrected chi connectivity index (χ3v) is 4.14. The Balaban J connectivity index is 0.00000576. The summed E-state index contributed by atoms with van der Waals surface area (Å²) in [6.45, 7) is 2.09. The Labute approximate surface area is 185 Å². The van der Waals surface area contributed by atoms with Gasteiger partial charge in [0.05, 0.1) is 24.5 Å². The first kappa shape index (κ1) is 24.9. The van der Waals surface area contributed by atoms with Crippen LogP contribution in [-0.2, 0) is 39.7 Å². The molecule has 1 aromatic heterocycles. The van der Waals surface area contributed by atoms with Gasteiger partial charge in [0.1, 0.15) is 6.54 Å². The maximum absolute atomic E-state index is 11.0. The minimum absolute atomic E-state index is 0. The number of aromatic nitrogens is 1. The average Bonchev–Trinajstić information content (AvgIpc) is 2.43. The van der Waals surface area contributed by atoms with Crippen molar-refractivity contribution in [2.75, 3.05) is 33.2 Å². The van der Waals surface area contributed by atoms with E-state index >= 15 is 0 Å². The minimum atomic E-state index is -0.892. The third-order valence-electron chi connectivity index (χ3n) is 2.97. The molecule has 25 heavy (non-hydrogen) atoms. The van der Waals surface area contributed by atoms with E-state index in [-0.39, 0.29) is 30.2 Å². The quantitative estimate of drug-likeness (QED) is 0.219. The zero-order valence-electron chi connectivity index (χ0n) is 13.6. The number of pyridine rings is 1. The number of nitrogens with zero attached hydrogens (tertiary/aromatic N) is 4. The number of hydrogen-bond donors (Lipinski definition) is 2. The largest absolute Gasteiger partial charge is 0.480 e. The zero-order valence-corrected chi connectivity index (χ0v) is 19.1. The smallest absolute Gasteiger partial charge is 0.318 e. The number of carboxylic acids is 2. The Kier molecular flexibility index (Phi) is 13.1. The second-order valence-electron chi connectivity index (χ2n) is 5.23. The van der Waals surface area contributed by atoms with Gasteiger partial charge in [-0.15, -0.1) is 0 Å². The van der Waals surface area contributed by atoms with Crippen LogP contribution in [-0.4, -0.2) is 71.5 Å². The number of carbonyl (C=O) groups is 2. The molecule has 0 bridgehead atoms. The first-order valence-electron chi connectivity index (χ1n) is 7.14. The molecule has 0 spiro atoms. The van der Waals surface area contributed by atoms with Crippen molar-refractivity contribution in [2.45, 2.75) is 13.1 Å². The van der Waals surface area contributed by atoms with Crippen molar-refractivity contribution in [3.63, 3.8) is 0 Å². The fourth-order valence-electron chi connectivity index (χ4n) is 2.00. The van der Waals surface area contributed by atoms with Crippen LogP contribution in [0.15, 0.2) is 18.2 Å². The van der Waals surface area contributed by atoms with Crippen LogP contribution in [0.25, 0.3) is 0 Å². The molecule has 1 heterocycles. The van der Waals surface area contributed by atoms with Crippen LogP contribution >= 0.6 is 45.7 Å². The van der Waals surface area contributed by atoms with Gasteiger partial charge in [0.25, 0.3) is 0 Å². The molecule has 0 saturated carbocycles. The molecule has 2 N–H and O–H groups in total. The molecule has 141 valence electrons. The molecule has 0 atom stereocenters. The van der Waals surface area contributed by atoms with Gasteiger partial charge in [0.15, 0.2) is 0 Å². The maximum Gasteiger partial charge on any atom is 0.318 e. The monoisotopic (exact) mass is 617 g/mol. The molecule has 1 radical (unpaired) electrons. The predicted octanol–water partition coefficient (Wildman–Crippen LogP) is 1.48.